The van der Waals surface area contributed by atoms with Gasteiger partial charge in [0, 0.05) is 19.5 Å². The number of amides is 1. The summed E-state index contributed by atoms with van der Waals surface area (Å²) < 4.78 is 23.6. The zero-order chi connectivity index (χ0) is 23.0. The van der Waals surface area contributed by atoms with E-state index >= 15 is 0 Å². The van der Waals surface area contributed by atoms with Crippen LogP contribution in [0, 0.1) is 22.6 Å². The molecule has 1 aliphatic heterocycles. The first-order valence-electron chi connectivity index (χ1n) is 10.7. The number of halogens is 1. The van der Waals surface area contributed by atoms with E-state index in [-0.39, 0.29) is 30.7 Å². The van der Waals surface area contributed by atoms with Gasteiger partial charge >= 0.3 is 5.97 Å². The molecule has 0 bridgehead atoms. The molecule has 1 aliphatic rings. The average molecular weight is 438 g/mol. The van der Waals surface area contributed by atoms with Gasteiger partial charge in [-0.1, -0.05) is 30.3 Å². The third-order valence-corrected chi connectivity index (χ3v) is 5.92. The van der Waals surface area contributed by atoms with Crippen molar-refractivity contribution in [1.82, 2.24) is 4.90 Å². The lowest BCUT2D eigenvalue weighted by molar-refractivity contribution is -0.140. The average Bonchev–Trinajstić information content (AvgIpc) is 2.83. The molecule has 0 atom stereocenters. The molecule has 0 unspecified atom stereocenters. The van der Waals surface area contributed by atoms with Crippen molar-refractivity contribution in [3.05, 3.63) is 65.5 Å². The molecule has 0 aliphatic carbocycles. The standard InChI is InChI=1S/C25H27FN2O4/c1-31-24(30)11-8-20-4-2-3-5-22(20)32-17-23(29)28-14-12-25(18-27,13-15-28)16-19-6-9-21(26)10-7-19/h2-7,9-10H,8,11-17H2,1H3. The summed E-state index contributed by atoms with van der Waals surface area (Å²) in [4.78, 5) is 25.8. The molecule has 0 spiro atoms. The highest BCUT2D eigenvalue weighted by molar-refractivity contribution is 5.78. The van der Waals surface area contributed by atoms with Gasteiger partial charge < -0.3 is 14.4 Å². The highest BCUT2D eigenvalue weighted by atomic mass is 19.1. The third kappa shape index (κ3) is 6.07. The normalized spacial score (nSPS) is 15.0. The summed E-state index contributed by atoms with van der Waals surface area (Å²) in [6.45, 7) is 0.842. The number of likely N-dealkylation sites (tertiary alicyclic amines) is 1. The van der Waals surface area contributed by atoms with Crippen LogP contribution in [0.25, 0.3) is 0 Å². The minimum absolute atomic E-state index is 0.104. The van der Waals surface area contributed by atoms with Gasteiger partial charge in [0.05, 0.1) is 18.6 Å². The lowest BCUT2D eigenvalue weighted by atomic mass is 9.75. The Morgan fingerprint density at radius 3 is 2.47 bits per heavy atom. The van der Waals surface area contributed by atoms with Gasteiger partial charge in [-0.2, -0.15) is 5.26 Å². The SMILES string of the molecule is COC(=O)CCc1ccccc1OCC(=O)N1CCC(C#N)(Cc2ccc(F)cc2)CC1. The van der Waals surface area contributed by atoms with Crippen LogP contribution in [0.3, 0.4) is 0 Å². The highest BCUT2D eigenvalue weighted by Crippen LogP contribution is 2.34. The summed E-state index contributed by atoms with van der Waals surface area (Å²) in [6, 6.07) is 16.0. The van der Waals surface area contributed by atoms with E-state index in [4.69, 9.17) is 4.74 Å². The second kappa shape index (κ2) is 10.8. The first kappa shape index (κ1) is 23.3. The first-order valence-corrected chi connectivity index (χ1v) is 10.7. The maximum atomic E-state index is 13.2. The molecular weight excluding hydrogens is 411 g/mol. The molecule has 0 N–H and O–H groups in total. The number of carbonyl (C=O) groups is 2. The number of hydrogen-bond donors (Lipinski definition) is 0. The minimum atomic E-state index is -0.560. The van der Waals surface area contributed by atoms with E-state index in [1.54, 1.807) is 23.1 Å². The van der Waals surface area contributed by atoms with Gasteiger partial charge in [-0.3, -0.25) is 9.59 Å². The number of methoxy groups -OCH3 is 1. The van der Waals surface area contributed by atoms with Gasteiger partial charge in [-0.05, 0) is 55.0 Å². The van der Waals surface area contributed by atoms with E-state index in [0.29, 0.717) is 44.5 Å². The molecule has 2 aromatic carbocycles. The van der Waals surface area contributed by atoms with E-state index in [1.165, 1.54) is 19.2 Å². The van der Waals surface area contributed by atoms with Gasteiger partial charge in [0.25, 0.3) is 5.91 Å². The summed E-state index contributed by atoms with van der Waals surface area (Å²) in [5.74, 6) is -0.164. The van der Waals surface area contributed by atoms with Crippen LogP contribution in [0.1, 0.15) is 30.4 Å². The number of nitriles is 1. The number of aryl methyl sites for hydroxylation is 1. The number of ether oxygens (including phenoxy) is 2. The topological polar surface area (TPSA) is 79.6 Å². The second-order valence-corrected chi connectivity index (χ2v) is 8.05. The van der Waals surface area contributed by atoms with Crippen molar-refractivity contribution < 1.29 is 23.5 Å². The Morgan fingerprint density at radius 1 is 1.12 bits per heavy atom. The number of carbonyl (C=O) groups excluding carboxylic acids is 2. The number of hydrogen-bond acceptors (Lipinski definition) is 5. The Bertz CT molecular complexity index is 976. The van der Waals surface area contributed by atoms with Crippen LogP contribution in [-0.4, -0.2) is 43.6 Å². The molecule has 6 nitrogen and oxygen atoms in total. The molecule has 0 radical (unpaired) electrons. The first-order chi connectivity index (χ1) is 15.4. The molecule has 1 heterocycles. The van der Waals surface area contributed by atoms with E-state index in [9.17, 15) is 19.2 Å². The fraction of sp³-hybridized carbons (Fsp3) is 0.400. The Balaban J connectivity index is 1.53. The maximum absolute atomic E-state index is 13.2. The maximum Gasteiger partial charge on any atom is 0.305 e. The van der Waals surface area contributed by atoms with E-state index in [1.807, 2.05) is 18.2 Å². The molecular formula is C25H27FN2O4. The van der Waals surface area contributed by atoms with Crippen LogP contribution in [0.15, 0.2) is 48.5 Å². The predicted octanol–water partition coefficient (Wildman–Crippen LogP) is 3.69. The van der Waals surface area contributed by atoms with Gasteiger partial charge in [0.15, 0.2) is 6.61 Å². The summed E-state index contributed by atoms with van der Waals surface area (Å²) in [5, 5.41) is 9.79. The highest BCUT2D eigenvalue weighted by Gasteiger charge is 2.36. The summed E-state index contributed by atoms with van der Waals surface area (Å²) in [5.41, 5.74) is 1.20. The van der Waals surface area contributed by atoms with Crippen molar-refractivity contribution in [2.75, 3.05) is 26.8 Å². The number of esters is 1. The quantitative estimate of drug-likeness (QED) is 0.588. The van der Waals surface area contributed by atoms with Crippen molar-refractivity contribution in [3.8, 4) is 11.8 Å². The van der Waals surface area contributed by atoms with Crippen LogP contribution in [0.5, 0.6) is 5.75 Å². The Labute approximate surface area is 187 Å². The number of rotatable bonds is 8. The molecule has 32 heavy (non-hydrogen) atoms. The molecule has 1 amide bonds. The van der Waals surface area contributed by atoms with Crippen molar-refractivity contribution in [1.29, 1.82) is 5.26 Å². The number of benzene rings is 2. The minimum Gasteiger partial charge on any atom is -0.483 e. The molecule has 0 saturated carbocycles. The van der Waals surface area contributed by atoms with Crippen LogP contribution in [0.4, 0.5) is 4.39 Å². The molecule has 7 heteroatoms. The van der Waals surface area contributed by atoms with E-state index in [0.717, 1.165) is 11.1 Å². The Hall–Kier alpha value is -3.40. The van der Waals surface area contributed by atoms with Crippen LogP contribution in [0.2, 0.25) is 0 Å². The lowest BCUT2D eigenvalue weighted by Gasteiger charge is -2.37. The van der Waals surface area contributed by atoms with Crippen LogP contribution < -0.4 is 4.74 Å². The van der Waals surface area contributed by atoms with Gasteiger partial charge in [-0.15, -0.1) is 0 Å². The van der Waals surface area contributed by atoms with Crippen molar-refractivity contribution in [3.63, 3.8) is 0 Å². The molecule has 168 valence electrons. The zero-order valence-corrected chi connectivity index (χ0v) is 18.2. The summed E-state index contributed by atoms with van der Waals surface area (Å²) in [7, 11) is 1.35. The molecule has 3 rings (SSSR count). The van der Waals surface area contributed by atoms with Gasteiger partial charge in [0.2, 0.25) is 0 Å². The molecule has 1 saturated heterocycles. The monoisotopic (exact) mass is 438 g/mol. The van der Waals surface area contributed by atoms with E-state index < -0.39 is 5.41 Å². The summed E-state index contributed by atoms with van der Waals surface area (Å²) in [6.07, 6.45) is 2.36. The van der Waals surface area contributed by atoms with Crippen molar-refractivity contribution in [2.45, 2.75) is 32.1 Å². The third-order valence-electron chi connectivity index (χ3n) is 5.92. The Kier molecular flexibility index (Phi) is 7.82. The van der Waals surface area contributed by atoms with Gasteiger partial charge in [0.1, 0.15) is 11.6 Å². The number of piperidine rings is 1. The van der Waals surface area contributed by atoms with E-state index in [2.05, 4.69) is 10.8 Å². The summed E-state index contributed by atoms with van der Waals surface area (Å²) >= 11 is 0. The fourth-order valence-corrected chi connectivity index (χ4v) is 3.93. The number of para-hydroxylation sites is 1. The van der Waals surface area contributed by atoms with Gasteiger partial charge in [-0.25, -0.2) is 4.39 Å². The molecule has 2 aromatic rings. The molecule has 1 fully saturated rings. The fourth-order valence-electron chi connectivity index (χ4n) is 3.93. The largest absolute Gasteiger partial charge is 0.483 e. The van der Waals surface area contributed by atoms with Crippen molar-refractivity contribution in [2.24, 2.45) is 5.41 Å². The predicted molar refractivity (Wildman–Crippen MR) is 116 cm³/mol. The zero-order valence-electron chi connectivity index (χ0n) is 18.2. The van der Waals surface area contributed by atoms with Crippen molar-refractivity contribution >= 4 is 11.9 Å². The molecule has 0 aromatic heterocycles. The Morgan fingerprint density at radius 2 is 1.81 bits per heavy atom. The van der Waals surface area contributed by atoms with Crippen LogP contribution >= 0.6 is 0 Å². The lowest BCUT2D eigenvalue weighted by Crippen LogP contribution is -2.45. The smallest absolute Gasteiger partial charge is 0.305 e. The second-order valence-electron chi connectivity index (χ2n) is 8.05. The van der Waals surface area contributed by atoms with Crippen LogP contribution in [-0.2, 0) is 27.2 Å². The number of nitrogens with zero attached hydrogens (tertiary/aromatic N) is 2.